The van der Waals surface area contributed by atoms with Gasteiger partial charge in [0.25, 0.3) is 0 Å². The molecule has 1 atom stereocenters. The number of likely N-dealkylation sites (N-methyl/N-ethyl adjacent to an activating group) is 1. The largest absolute Gasteiger partial charge is 0.504 e. The maximum atomic E-state index is 13.4. The second kappa shape index (κ2) is 8.98. The molecule has 1 aliphatic rings. The summed E-state index contributed by atoms with van der Waals surface area (Å²) in [5.74, 6) is 1.13. The van der Waals surface area contributed by atoms with Crippen LogP contribution in [0.25, 0.3) is 11.1 Å². The first-order valence-corrected chi connectivity index (χ1v) is 10.5. The van der Waals surface area contributed by atoms with Gasteiger partial charge in [-0.1, -0.05) is 24.3 Å². The van der Waals surface area contributed by atoms with Gasteiger partial charge in [0.1, 0.15) is 11.6 Å². The number of phenolic OH excluding ortho intramolecular Hbond substituents is 1. The molecule has 0 radical (unpaired) electrons. The van der Waals surface area contributed by atoms with E-state index in [1.165, 1.54) is 12.1 Å². The molecule has 0 spiro atoms. The van der Waals surface area contributed by atoms with Crippen LogP contribution in [0.15, 0.2) is 54.6 Å². The first-order chi connectivity index (χ1) is 15.0. The van der Waals surface area contributed by atoms with Gasteiger partial charge < -0.3 is 19.5 Å². The van der Waals surface area contributed by atoms with Crippen molar-refractivity contribution in [2.75, 3.05) is 27.8 Å². The van der Waals surface area contributed by atoms with E-state index in [0.29, 0.717) is 5.75 Å². The van der Waals surface area contributed by atoms with E-state index in [1.807, 2.05) is 36.4 Å². The summed E-state index contributed by atoms with van der Waals surface area (Å²) in [6.45, 7) is 0.872. The van der Waals surface area contributed by atoms with Crippen molar-refractivity contribution >= 4 is 0 Å². The van der Waals surface area contributed by atoms with Crippen molar-refractivity contribution in [3.63, 3.8) is 0 Å². The topological polar surface area (TPSA) is 41.9 Å². The number of nitrogens with zero attached hydrogens (tertiary/aromatic N) is 1. The number of hydrogen-bond acceptors (Lipinski definition) is 4. The van der Waals surface area contributed by atoms with E-state index >= 15 is 0 Å². The highest BCUT2D eigenvalue weighted by molar-refractivity contribution is 5.80. The second-order valence-corrected chi connectivity index (χ2v) is 8.09. The summed E-state index contributed by atoms with van der Waals surface area (Å²) < 4.78 is 24.3. The number of ether oxygens (including phenoxy) is 2. The number of hydrogen-bond donors (Lipinski definition) is 1. The Balaban J connectivity index is 1.82. The average Bonchev–Trinajstić information content (AvgIpc) is 2.83. The zero-order chi connectivity index (χ0) is 22.0. The molecule has 0 saturated carbocycles. The van der Waals surface area contributed by atoms with Gasteiger partial charge in [0.05, 0.1) is 14.2 Å². The lowest BCUT2D eigenvalue weighted by molar-refractivity contribution is 0.242. The van der Waals surface area contributed by atoms with Gasteiger partial charge in [0.2, 0.25) is 0 Å². The van der Waals surface area contributed by atoms with E-state index in [9.17, 15) is 9.50 Å². The minimum absolute atomic E-state index is 0.152. The van der Waals surface area contributed by atoms with Crippen LogP contribution in [0.1, 0.15) is 16.7 Å². The highest BCUT2D eigenvalue weighted by Gasteiger charge is 2.25. The van der Waals surface area contributed by atoms with Gasteiger partial charge in [-0.05, 0) is 78.9 Å². The molecule has 1 N–H and O–H groups in total. The van der Waals surface area contributed by atoms with Gasteiger partial charge in [-0.25, -0.2) is 4.39 Å². The van der Waals surface area contributed by atoms with Gasteiger partial charge in [-0.15, -0.1) is 0 Å². The van der Waals surface area contributed by atoms with E-state index in [4.69, 9.17) is 9.47 Å². The van der Waals surface area contributed by atoms with Gasteiger partial charge >= 0.3 is 0 Å². The third-order valence-electron chi connectivity index (χ3n) is 6.23. The van der Waals surface area contributed by atoms with Crippen molar-refractivity contribution in [1.29, 1.82) is 0 Å². The number of benzene rings is 3. The van der Waals surface area contributed by atoms with Crippen LogP contribution in [-0.2, 0) is 19.3 Å². The fraction of sp³-hybridized carbons (Fsp3) is 0.308. The van der Waals surface area contributed by atoms with Gasteiger partial charge in [-0.2, -0.15) is 0 Å². The predicted octanol–water partition coefficient (Wildman–Crippen LogP) is 4.86. The molecule has 0 bridgehead atoms. The molecule has 0 fully saturated rings. The van der Waals surface area contributed by atoms with Crippen LogP contribution in [0.2, 0.25) is 0 Å². The van der Waals surface area contributed by atoms with Crippen LogP contribution in [0.5, 0.6) is 17.2 Å². The molecule has 31 heavy (non-hydrogen) atoms. The quantitative estimate of drug-likeness (QED) is 0.654. The maximum absolute atomic E-state index is 13.4. The molecule has 0 aromatic heterocycles. The van der Waals surface area contributed by atoms with E-state index in [-0.39, 0.29) is 17.6 Å². The molecule has 4 rings (SSSR count). The third kappa shape index (κ3) is 4.37. The van der Waals surface area contributed by atoms with Crippen LogP contribution in [0, 0.1) is 5.82 Å². The Kier molecular flexibility index (Phi) is 6.14. The molecule has 162 valence electrons. The van der Waals surface area contributed by atoms with E-state index in [2.05, 4.69) is 18.0 Å². The SMILES string of the molecule is COc1ccc2c(c1)-c1c(ccc(OC)c1O)CC(Cc1ccc(F)cc1)N(C)CC2. The molecular weight excluding hydrogens is 393 g/mol. The number of aromatic hydroxyl groups is 1. The lowest BCUT2D eigenvalue weighted by Crippen LogP contribution is -2.36. The molecule has 0 aliphatic carbocycles. The van der Waals surface area contributed by atoms with Gasteiger partial charge in [-0.3, -0.25) is 0 Å². The van der Waals surface area contributed by atoms with Crippen molar-refractivity contribution in [3.8, 4) is 28.4 Å². The number of phenols is 1. The molecule has 1 aliphatic heterocycles. The zero-order valence-corrected chi connectivity index (χ0v) is 18.2. The van der Waals surface area contributed by atoms with Crippen molar-refractivity contribution in [2.24, 2.45) is 0 Å². The smallest absolute Gasteiger partial charge is 0.165 e. The Morgan fingerprint density at radius 1 is 1.00 bits per heavy atom. The molecular formula is C26H28FNO3. The van der Waals surface area contributed by atoms with Crippen LogP contribution in [0.3, 0.4) is 0 Å². The minimum Gasteiger partial charge on any atom is -0.504 e. The lowest BCUT2D eigenvalue weighted by Gasteiger charge is -2.28. The van der Waals surface area contributed by atoms with Crippen molar-refractivity contribution in [2.45, 2.75) is 25.3 Å². The summed E-state index contributed by atoms with van der Waals surface area (Å²) >= 11 is 0. The summed E-state index contributed by atoms with van der Waals surface area (Å²) in [5.41, 5.74) is 5.07. The van der Waals surface area contributed by atoms with Gasteiger partial charge in [0.15, 0.2) is 11.5 Å². The van der Waals surface area contributed by atoms with Crippen LogP contribution in [0.4, 0.5) is 4.39 Å². The van der Waals surface area contributed by atoms with Crippen molar-refractivity contribution in [1.82, 2.24) is 4.90 Å². The Labute approximate surface area is 182 Å². The standard InChI is InChI=1S/C26H28FNO3/c1-28-13-12-18-6-10-22(30-2)16-23(18)25-19(7-11-24(31-3)26(25)29)15-21(28)14-17-4-8-20(27)9-5-17/h4-11,16,21,29H,12-15H2,1-3H3. The Morgan fingerprint density at radius 3 is 2.45 bits per heavy atom. The summed E-state index contributed by atoms with van der Waals surface area (Å²) in [4.78, 5) is 2.35. The second-order valence-electron chi connectivity index (χ2n) is 8.09. The fourth-order valence-electron chi connectivity index (χ4n) is 4.39. The maximum Gasteiger partial charge on any atom is 0.165 e. The van der Waals surface area contributed by atoms with Crippen molar-refractivity contribution < 1.29 is 19.0 Å². The highest BCUT2D eigenvalue weighted by Crippen LogP contribution is 2.43. The summed E-state index contributed by atoms with van der Waals surface area (Å²) in [6.07, 6.45) is 2.38. The average molecular weight is 422 g/mol. The molecule has 1 heterocycles. The normalized spacial score (nSPS) is 16.5. The van der Waals surface area contributed by atoms with Gasteiger partial charge in [0, 0.05) is 18.2 Å². The third-order valence-corrected chi connectivity index (χ3v) is 6.23. The number of rotatable bonds is 4. The van der Waals surface area contributed by atoms with Crippen LogP contribution >= 0.6 is 0 Å². The first kappa shape index (κ1) is 21.2. The number of halogens is 1. The summed E-state index contributed by atoms with van der Waals surface area (Å²) in [5, 5.41) is 11.1. The zero-order valence-electron chi connectivity index (χ0n) is 18.2. The summed E-state index contributed by atoms with van der Waals surface area (Å²) in [6, 6.07) is 16.8. The van der Waals surface area contributed by atoms with Crippen LogP contribution < -0.4 is 9.47 Å². The molecule has 0 saturated heterocycles. The van der Waals surface area contributed by atoms with E-state index in [0.717, 1.165) is 59.4 Å². The Morgan fingerprint density at radius 2 is 1.74 bits per heavy atom. The van der Waals surface area contributed by atoms with E-state index < -0.39 is 0 Å². The molecule has 1 unspecified atom stereocenters. The fourth-order valence-corrected chi connectivity index (χ4v) is 4.39. The number of methoxy groups -OCH3 is 2. The molecule has 3 aromatic rings. The highest BCUT2D eigenvalue weighted by atomic mass is 19.1. The van der Waals surface area contributed by atoms with Crippen LogP contribution in [-0.4, -0.2) is 43.9 Å². The molecule has 5 heteroatoms. The monoisotopic (exact) mass is 421 g/mol. The van der Waals surface area contributed by atoms with E-state index in [1.54, 1.807) is 14.2 Å². The Bertz CT molecular complexity index is 1060. The Hall–Kier alpha value is -3.05. The summed E-state index contributed by atoms with van der Waals surface area (Å²) in [7, 11) is 5.34. The minimum atomic E-state index is -0.224. The lowest BCUT2D eigenvalue weighted by atomic mass is 9.89. The molecule has 0 amide bonds. The number of fused-ring (bicyclic) bond motifs is 3. The predicted molar refractivity (Wildman–Crippen MR) is 121 cm³/mol. The first-order valence-electron chi connectivity index (χ1n) is 10.5. The van der Waals surface area contributed by atoms with Crippen molar-refractivity contribution in [3.05, 3.63) is 77.1 Å². The molecule has 3 aromatic carbocycles. The molecule has 4 nitrogen and oxygen atoms in total.